The number of hydrogen-bond donors (Lipinski definition) is 1. The number of tetrazole rings is 1. The quantitative estimate of drug-likeness (QED) is 0.686. The third-order valence-corrected chi connectivity index (χ3v) is 3.06. The van der Waals surface area contributed by atoms with Crippen molar-refractivity contribution in [3.05, 3.63) is 5.82 Å². The summed E-state index contributed by atoms with van der Waals surface area (Å²) in [7, 11) is 1.79. The fourth-order valence-corrected chi connectivity index (χ4v) is 2.07. The van der Waals surface area contributed by atoms with E-state index in [4.69, 9.17) is 5.73 Å². The minimum Gasteiger partial charge on any atom is -0.330 e. The van der Waals surface area contributed by atoms with Gasteiger partial charge in [0.15, 0.2) is 5.82 Å². The molecule has 0 bridgehead atoms. The van der Waals surface area contributed by atoms with Crippen LogP contribution in [0.5, 0.6) is 0 Å². The molecule has 0 saturated carbocycles. The molecule has 96 valence electrons. The summed E-state index contributed by atoms with van der Waals surface area (Å²) in [6.45, 7) is 7.07. The van der Waals surface area contributed by atoms with Crippen molar-refractivity contribution in [2.75, 3.05) is 39.3 Å². The molecule has 1 aliphatic heterocycles. The smallest absolute Gasteiger partial charge is 0.188 e. The molecule has 7 nitrogen and oxygen atoms in total. The first-order valence-corrected chi connectivity index (χ1v) is 6.15. The average molecular weight is 239 g/mol. The highest BCUT2D eigenvalue weighted by Gasteiger charge is 2.17. The van der Waals surface area contributed by atoms with Gasteiger partial charge in [0.25, 0.3) is 0 Å². The van der Waals surface area contributed by atoms with Gasteiger partial charge in [-0.05, 0) is 24.7 Å². The molecule has 0 atom stereocenters. The zero-order chi connectivity index (χ0) is 12.1. The Morgan fingerprint density at radius 3 is 2.47 bits per heavy atom. The molecule has 2 rings (SSSR count). The van der Waals surface area contributed by atoms with E-state index in [1.54, 1.807) is 7.05 Å². The summed E-state index contributed by atoms with van der Waals surface area (Å²) in [4.78, 5) is 6.34. The average Bonchev–Trinajstić information content (AvgIpc) is 2.74. The summed E-state index contributed by atoms with van der Waals surface area (Å²) >= 11 is 0. The third kappa shape index (κ3) is 3.72. The maximum atomic E-state index is 5.51. The van der Waals surface area contributed by atoms with Gasteiger partial charge in [-0.15, -0.1) is 10.2 Å². The van der Waals surface area contributed by atoms with Gasteiger partial charge in [-0.3, -0.25) is 4.90 Å². The van der Waals surface area contributed by atoms with Crippen LogP contribution in [0.1, 0.15) is 12.2 Å². The molecule has 0 aliphatic carbocycles. The highest BCUT2D eigenvalue weighted by Crippen LogP contribution is 2.05. The van der Waals surface area contributed by atoms with Crippen LogP contribution in [0.15, 0.2) is 0 Å². The lowest BCUT2D eigenvalue weighted by Crippen LogP contribution is -2.46. The van der Waals surface area contributed by atoms with Crippen LogP contribution in [0.4, 0.5) is 0 Å². The van der Waals surface area contributed by atoms with E-state index in [2.05, 4.69) is 25.2 Å². The highest BCUT2D eigenvalue weighted by atomic mass is 15.6. The second-order valence-corrected chi connectivity index (χ2v) is 4.46. The highest BCUT2D eigenvalue weighted by molar-refractivity contribution is 4.80. The predicted octanol–water partition coefficient (Wildman–Crippen LogP) is -1.32. The Labute approximate surface area is 102 Å². The maximum Gasteiger partial charge on any atom is 0.188 e. The molecule has 17 heavy (non-hydrogen) atoms. The summed E-state index contributed by atoms with van der Waals surface area (Å²) < 4.78 is 0. The van der Waals surface area contributed by atoms with Gasteiger partial charge in [0.1, 0.15) is 0 Å². The van der Waals surface area contributed by atoms with Crippen LogP contribution in [0.3, 0.4) is 0 Å². The molecule has 1 aromatic rings. The Morgan fingerprint density at radius 2 is 1.88 bits per heavy atom. The van der Waals surface area contributed by atoms with Crippen LogP contribution < -0.4 is 5.73 Å². The zero-order valence-electron chi connectivity index (χ0n) is 10.4. The van der Waals surface area contributed by atoms with Crippen molar-refractivity contribution in [3.8, 4) is 0 Å². The van der Waals surface area contributed by atoms with Crippen molar-refractivity contribution in [2.24, 2.45) is 12.8 Å². The van der Waals surface area contributed by atoms with Crippen molar-refractivity contribution in [3.63, 3.8) is 0 Å². The molecular weight excluding hydrogens is 218 g/mol. The maximum absolute atomic E-state index is 5.51. The molecule has 7 heteroatoms. The minimum atomic E-state index is 0.781. The van der Waals surface area contributed by atoms with Crippen molar-refractivity contribution in [1.82, 2.24) is 30.0 Å². The van der Waals surface area contributed by atoms with E-state index in [-0.39, 0.29) is 0 Å². The SMILES string of the molecule is Cn1nnc(CN2CCN(CCCN)CC2)n1. The molecule has 0 spiro atoms. The van der Waals surface area contributed by atoms with Gasteiger partial charge in [-0.1, -0.05) is 0 Å². The van der Waals surface area contributed by atoms with Gasteiger partial charge >= 0.3 is 0 Å². The number of nitrogens with two attached hydrogens (primary N) is 1. The zero-order valence-corrected chi connectivity index (χ0v) is 10.4. The van der Waals surface area contributed by atoms with Gasteiger partial charge in [-0.2, -0.15) is 4.80 Å². The Hall–Kier alpha value is -1.05. The van der Waals surface area contributed by atoms with Crippen molar-refractivity contribution < 1.29 is 0 Å². The molecule has 0 aromatic carbocycles. The van der Waals surface area contributed by atoms with Crippen LogP contribution in [0.2, 0.25) is 0 Å². The topological polar surface area (TPSA) is 76.1 Å². The van der Waals surface area contributed by atoms with Gasteiger partial charge < -0.3 is 10.6 Å². The second kappa shape index (κ2) is 6.04. The first-order valence-electron chi connectivity index (χ1n) is 6.15. The van der Waals surface area contributed by atoms with E-state index < -0.39 is 0 Å². The molecule has 1 saturated heterocycles. The third-order valence-electron chi connectivity index (χ3n) is 3.06. The monoisotopic (exact) mass is 239 g/mol. The van der Waals surface area contributed by atoms with Crippen LogP contribution in [-0.4, -0.2) is 69.3 Å². The van der Waals surface area contributed by atoms with Gasteiger partial charge in [-0.25, -0.2) is 0 Å². The van der Waals surface area contributed by atoms with Crippen LogP contribution in [0, 0.1) is 0 Å². The van der Waals surface area contributed by atoms with E-state index in [1.807, 2.05) is 0 Å². The molecule has 2 N–H and O–H groups in total. The Bertz CT molecular complexity index is 329. The van der Waals surface area contributed by atoms with E-state index >= 15 is 0 Å². The normalized spacial score (nSPS) is 18.7. The fraction of sp³-hybridized carbons (Fsp3) is 0.900. The van der Waals surface area contributed by atoms with Crippen molar-refractivity contribution in [2.45, 2.75) is 13.0 Å². The summed E-state index contributed by atoms with van der Waals surface area (Å²) in [6, 6.07) is 0. The molecule has 0 unspecified atom stereocenters. The molecular formula is C10H21N7. The summed E-state index contributed by atoms with van der Waals surface area (Å²) in [6.07, 6.45) is 1.09. The second-order valence-electron chi connectivity index (χ2n) is 4.46. The first-order chi connectivity index (χ1) is 8.28. The minimum absolute atomic E-state index is 0.781. The van der Waals surface area contributed by atoms with E-state index in [9.17, 15) is 0 Å². The Morgan fingerprint density at radius 1 is 1.18 bits per heavy atom. The Kier molecular flexibility index (Phi) is 4.41. The lowest BCUT2D eigenvalue weighted by Gasteiger charge is -2.33. The van der Waals surface area contributed by atoms with Crippen molar-refractivity contribution >= 4 is 0 Å². The first kappa shape index (κ1) is 12.4. The standard InChI is InChI=1S/C10H21N7/c1-15-13-10(12-14-15)9-17-7-5-16(6-8-17)4-2-3-11/h2-9,11H2,1H3. The summed E-state index contributed by atoms with van der Waals surface area (Å²) in [5.41, 5.74) is 5.51. The number of nitrogens with zero attached hydrogens (tertiary/aromatic N) is 6. The van der Waals surface area contributed by atoms with E-state index in [0.717, 1.165) is 58.1 Å². The van der Waals surface area contributed by atoms with Crippen molar-refractivity contribution in [1.29, 1.82) is 0 Å². The fourth-order valence-electron chi connectivity index (χ4n) is 2.07. The predicted molar refractivity (Wildman–Crippen MR) is 64.2 cm³/mol. The summed E-state index contributed by atoms with van der Waals surface area (Å²) in [5.74, 6) is 0.808. The number of aromatic nitrogens is 4. The molecule has 0 radical (unpaired) electrons. The molecule has 1 aliphatic rings. The molecule has 1 fully saturated rings. The van der Waals surface area contributed by atoms with Gasteiger partial charge in [0.05, 0.1) is 13.6 Å². The number of piperazine rings is 1. The van der Waals surface area contributed by atoms with Crippen LogP contribution in [-0.2, 0) is 13.6 Å². The lowest BCUT2D eigenvalue weighted by atomic mass is 10.3. The molecule has 0 amide bonds. The largest absolute Gasteiger partial charge is 0.330 e. The van der Waals surface area contributed by atoms with E-state index in [0.29, 0.717) is 0 Å². The number of aryl methyl sites for hydroxylation is 1. The Balaban J connectivity index is 1.72. The van der Waals surface area contributed by atoms with Gasteiger partial charge in [0.2, 0.25) is 0 Å². The van der Waals surface area contributed by atoms with E-state index in [1.165, 1.54) is 4.80 Å². The lowest BCUT2D eigenvalue weighted by molar-refractivity contribution is 0.124. The molecule has 1 aromatic heterocycles. The van der Waals surface area contributed by atoms with Crippen LogP contribution >= 0.6 is 0 Å². The number of hydrogen-bond acceptors (Lipinski definition) is 6. The summed E-state index contributed by atoms with van der Waals surface area (Å²) in [5, 5.41) is 12.0. The molecule has 2 heterocycles. The van der Waals surface area contributed by atoms with Crippen LogP contribution in [0.25, 0.3) is 0 Å². The van der Waals surface area contributed by atoms with Gasteiger partial charge in [0, 0.05) is 26.2 Å². The number of rotatable bonds is 5.